The summed E-state index contributed by atoms with van der Waals surface area (Å²) in [5.74, 6) is 0.832. The third-order valence-corrected chi connectivity index (χ3v) is 2.12. The summed E-state index contributed by atoms with van der Waals surface area (Å²) in [7, 11) is 1.92. The van der Waals surface area contributed by atoms with Crippen molar-refractivity contribution in [1.82, 2.24) is 14.5 Å². The molecular weight excluding hydrogens is 186 g/mol. The second-order valence-electron chi connectivity index (χ2n) is 2.70. The van der Waals surface area contributed by atoms with Crippen LogP contribution in [0, 0.1) is 0 Å². The summed E-state index contributed by atoms with van der Waals surface area (Å²) in [5.41, 5.74) is 0.858. The molecular formula is C9H8ClN3. The Morgan fingerprint density at radius 2 is 2.15 bits per heavy atom. The van der Waals surface area contributed by atoms with E-state index in [2.05, 4.69) is 9.97 Å². The highest BCUT2D eigenvalue weighted by Gasteiger charge is 2.07. The summed E-state index contributed by atoms with van der Waals surface area (Å²) in [6.45, 7) is 0. The van der Waals surface area contributed by atoms with Gasteiger partial charge in [0.05, 0.1) is 5.56 Å². The molecule has 0 unspecified atom stereocenters. The Bertz CT molecular complexity index is 422. The lowest BCUT2D eigenvalue weighted by molar-refractivity contribution is 0.923. The standard InChI is InChI=1S/C9H8ClN3/c1-13-6-5-12-9(13)7-3-2-4-11-8(7)10/h2-6H,1H3. The Kier molecular flexibility index (Phi) is 2.02. The quantitative estimate of drug-likeness (QED) is 0.650. The molecule has 2 aromatic rings. The molecule has 0 aliphatic carbocycles. The van der Waals surface area contributed by atoms with E-state index in [0.717, 1.165) is 11.4 Å². The number of aromatic nitrogens is 3. The summed E-state index contributed by atoms with van der Waals surface area (Å²) in [5, 5.41) is 0.483. The van der Waals surface area contributed by atoms with E-state index in [9.17, 15) is 0 Å². The zero-order chi connectivity index (χ0) is 9.26. The van der Waals surface area contributed by atoms with Crippen molar-refractivity contribution < 1.29 is 0 Å². The molecule has 0 fully saturated rings. The van der Waals surface area contributed by atoms with Crippen LogP contribution >= 0.6 is 11.6 Å². The minimum absolute atomic E-state index is 0.483. The molecule has 3 nitrogen and oxygen atoms in total. The lowest BCUT2D eigenvalue weighted by Crippen LogP contribution is -1.92. The highest BCUT2D eigenvalue weighted by Crippen LogP contribution is 2.22. The second kappa shape index (κ2) is 3.18. The van der Waals surface area contributed by atoms with Crippen LogP contribution < -0.4 is 0 Å². The third-order valence-electron chi connectivity index (χ3n) is 1.82. The molecule has 0 aromatic carbocycles. The molecule has 2 heterocycles. The molecule has 4 heteroatoms. The average Bonchev–Trinajstić information content (AvgIpc) is 2.52. The van der Waals surface area contributed by atoms with Gasteiger partial charge >= 0.3 is 0 Å². The molecule has 0 saturated carbocycles. The number of aryl methyl sites for hydroxylation is 1. The maximum Gasteiger partial charge on any atom is 0.142 e. The third kappa shape index (κ3) is 1.42. The number of halogens is 1. The van der Waals surface area contributed by atoms with Crippen molar-refractivity contribution in [3.63, 3.8) is 0 Å². The van der Waals surface area contributed by atoms with Crippen molar-refractivity contribution in [2.75, 3.05) is 0 Å². The van der Waals surface area contributed by atoms with E-state index in [1.54, 1.807) is 12.4 Å². The van der Waals surface area contributed by atoms with E-state index in [0.29, 0.717) is 5.15 Å². The molecule has 0 saturated heterocycles. The first-order chi connectivity index (χ1) is 6.29. The molecule has 0 aliphatic rings. The van der Waals surface area contributed by atoms with Gasteiger partial charge in [0.1, 0.15) is 11.0 Å². The fourth-order valence-electron chi connectivity index (χ4n) is 1.18. The second-order valence-corrected chi connectivity index (χ2v) is 3.06. The van der Waals surface area contributed by atoms with E-state index in [1.165, 1.54) is 0 Å². The van der Waals surface area contributed by atoms with Gasteiger partial charge in [0.2, 0.25) is 0 Å². The highest BCUT2D eigenvalue weighted by atomic mass is 35.5. The Morgan fingerprint density at radius 3 is 2.77 bits per heavy atom. The smallest absolute Gasteiger partial charge is 0.142 e. The Labute approximate surface area is 81.0 Å². The fourth-order valence-corrected chi connectivity index (χ4v) is 1.38. The van der Waals surface area contributed by atoms with Crippen LogP contribution in [0.15, 0.2) is 30.7 Å². The van der Waals surface area contributed by atoms with Crippen molar-refractivity contribution >= 4 is 11.6 Å². The van der Waals surface area contributed by atoms with Crippen molar-refractivity contribution in [1.29, 1.82) is 0 Å². The first-order valence-corrected chi connectivity index (χ1v) is 4.25. The molecule has 0 bridgehead atoms. The van der Waals surface area contributed by atoms with Crippen LogP contribution in [0.1, 0.15) is 0 Å². The van der Waals surface area contributed by atoms with Crippen molar-refractivity contribution in [3.8, 4) is 11.4 Å². The van der Waals surface area contributed by atoms with Gasteiger partial charge < -0.3 is 4.57 Å². The number of rotatable bonds is 1. The van der Waals surface area contributed by atoms with Crippen LogP contribution in [-0.2, 0) is 7.05 Å². The zero-order valence-corrected chi connectivity index (χ0v) is 7.86. The van der Waals surface area contributed by atoms with Gasteiger partial charge in [-0.25, -0.2) is 9.97 Å². The lowest BCUT2D eigenvalue weighted by atomic mass is 10.3. The molecule has 2 aromatic heterocycles. The average molecular weight is 194 g/mol. The number of pyridine rings is 1. The number of hydrogen-bond donors (Lipinski definition) is 0. The molecule has 0 amide bonds. The maximum absolute atomic E-state index is 5.92. The van der Waals surface area contributed by atoms with E-state index < -0.39 is 0 Å². The number of hydrogen-bond acceptors (Lipinski definition) is 2. The molecule has 2 rings (SSSR count). The largest absolute Gasteiger partial charge is 0.334 e. The molecule has 0 N–H and O–H groups in total. The first-order valence-electron chi connectivity index (χ1n) is 3.87. The fraction of sp³-hybridized carbons (Fsp3) is 0.111. The Hall–Kier alpha value is -1.35. The van der Waals surface area contributed by atoms with Gasteiger partial charge in [0, 0.05) is 25.6 Å². The predicted molar refractivity (Wildman–Crippen MR) is 51.4 cm³/mol. The minimum Gasteiger partial charge on any atom is -0.334 e. The minimum atomic E-state index is 0.483. The van der Waals surface area contributed by atoms with Crippen LogP contribution in [0.2, 0.25) is 5.15 Å². The topological polar surface area (TPSA) is 30.7 Å². The van der Waals surface area contributed by atoms with Crippen LogP contribution in [0.5, 0.6) is 0 Å². The summed E-state index contributed by atoms with van der Waals surface area (Å²) < 4.78 is 1.91. The van der Waals surface area contributed by atoms with E-state index in [1.807, 2.05) is 29.9 Å². The van der Waals surface area contributed by atoms with Crippen LogP contribution in [-0.4, -0.2) is 14.5 Å². The Balaban J connectivity index is 2.59. The lowest BCUT2D eigenvalue weighted by Gasteiger charge is -2.02. The highest BCUT2D eigenvalue weighted by molar-refractivity contribution is 6.31. The number of nitrogens with zero attached hydrogens (tertiary/aromatic N) is 3. The zero-order valence-electron chi connectivity index (χ0n) is 7.11. The Morgan fingerprint density at radius 1 is 1.31 bits per heavy atom. The summed E-state index contributed by atoms with van der Waals surface area (Å²) >= 11 is 5.92. The van der Waals surface area contributed by atoms with Crippen LogP contribution in [0.4, 0.5) is 0 Å². The van der Waals surface area contributed by atoms with Gasteiger partial charge in [-0.3, -0.25) is 0 Å². The van der Waals surface area contributed by atoms with Crippen molar-refractivity contribution in [2.24, 2.45) is 7.05 Å². The molecule has 66 valence electrons. The molecule has 13 heavy (non-hydrogen) atoms. The van der Waals surface area contributed by atoms with Gasteiger partial charge in [-0.2, -0.15) is 0 Å². The van der Waals surface area contributed by atoms with Gasteiger partial charge in [-0.05, 0) is 12.1 Å². The van der Waals surface area contributed by atoms with Gasteiger partial charge in [-0.1, -0.05) is 11.6 Å². The normalized spacial score (nSPS) is 10.3. The van der Waals surface area contributed by atoms with E-state index in [4.69, 9.17) is 11.6 Å². The molecule has 0 radical (unpaired) electrons. The predicted octanol–water partition coefficient (Wildman–Crippen LogP) is 2.14. The molecule has 0 spiro atoms. The van der Waals surface area contributed by atoms with Gasteiger partial charge in [0.15, 0.2) is 0 Å². The summed E-state index contributed by atoms with van der Waals surface area (Å²) in [6, 6.07) is 3.74. The van der Waals surface area contributed by atoms with Gasteiger partial charge in [0.25, 0.3) is 0 Å². The molecule has 0 atom stereocenters. The van der Waals surface area contributed by atoms with Gasteiger partial charge in [-0.15, -0.1) is 0 Å². The van der Waals surface area contributed by atoms with Crippen LogP contribution in [0.3, 0.4) is 0 Å². The maximum atomic E-state index is 5.92. The first kappa shape index (κ1) is 8.26. The van der Waals surface area contributed by atoms with E-state index in [-0.39, 0.29) is 0 Å². The van der Waals surface area contributed by atoms with E-state index >= 15 is 0 Å². The van der Waals surface area contributed by atoms with Crippen molar-refractivity contribution in [3.05, 3.63) is 35.9 Å². The molecule has 0 aliphatic heterocycles. The monoisotopic (exact) mass is 193 g/mol. The summed E-state index contributed by atoms with van der Waals surface area (Å²) in [4.78, 5) is 8.17. The van der Waals surface area contributed by atoms with Crippen LogP contribution in [0.25, 0.3) is 11.4 Å². The SMILES string of the molecule is Cn1ccnc1-c1cccnc1Cl. The van der Waals surface area contributed by atoms with Crippen molar-refractivity contribution in [2.45, 2.75) is 0 Å². The summed E-state index contributed by atoms with van der Waals surface area (Å²) in [6.07, 6.45) is 5.27. The number of imidazole rings is 1.